The van der Waals surface area contributed by atoms with Gasteiger partial charge in [0.05, 0.1) is 13.2 Å². The number of rotatable bonds is 51. The van der Waals surface area contributed by atoms with Gasteiger partial charge in [-0.25, -0.2) is 4.57 Å². The fraction of sp³-hybridized carbons (Fsp3) is 0.786. The number of allylic oxidation sites excluding steroid dienone is 10. The summed E-state index contributed by atoms with van der Waals surface area (Å²) in [6.45, 7) is 3.47. The molecule has 2 unspecified atom stereocenters. The van der Waals surface area contributed by atoms with Crippen molar-refractivity contribution >= 4 is 19.7 Å². The van der Waals surface area contributed by atoms with Gasteiger partial charge >= 0.3 is 13.8 Å². The van der Waals surface area contributed by atoms with Gasteiger partial charge in [-0.1, -0.05) is 242 Å². The van der Waals surface area contributed by atoms with Crippen molar-refractivity contribution in [3.8, 4) is 0 Å². The number of ether oxygens (including phenoxy) is 1. The maximum Gasteiger partial charge on any atom is 0.472 e. The fourth-order valence-electron chi connectivity index (χ4n) is 7.65. The molecule has 3 N–H and O–H groups in total. The number of carbonyl (C=O) groups excluding carboxylic acids is 2. The molecule has 0 aromatic heterocycles. The highest BCUT2D eigenvalue weighted by Crippen LogP contribution is 2.42. The van der Waals surface area contributed by atoms with Crippen LogP contribution in [0.2, 0.25) is 0 Å². The van der Waals surface area contributed by atoms with Gasteiger partial charge in [0.1, 0.15) is 12.7 Å². The lowest BCUT2D eigenvalue weighted by atomic mass is 10.0. The van der Waals surface area contributed by atoms with E-state index in [1.165, 1.54) is 141 Å². The van der Waals surface area contributed by atoms with E-state index in [4.69, 9.17) is 13.8 Å². The van der Waals surface area contributed by atoms with Crippen LogP contribution in [0.15, 0.2) is 60.8 Å². The van der Waals surface area contributed by atoms with Crippen LogP contribution < -0.4 is 5.32 Å². The minimum absolute atomic E-state index is 0.0814. The number of hydrogen-bond donors (Lipinski definition) is 3. The molecule has 1 amide bonds. The Labute approximate surface area is 406 Å². The number of carbonyl (C=O) groups is 2. The normalized spacial score (nSPS) is 13.6. The number of unbranched alkanes of at least 4 members (excludes halogenated alkanes) is 28. The summed E-state index contributed by atoms with van der Waals surface area (Å²) < 4.78 is 27.0. The van der Waals surface area contributed by atoms with Crippen LogP contribution in [0.4, 0.5) is 0 Å². The third-order valence-corrected chi connectivity index (χ3v) is 12.7. The Morgan fingerprint density at radius 2 is 0.864 bits per heavy atom. The Morgan fingerprint density at radius 1 is 0.485 bits per heavy atom. The van der Waals surface area contributed by atoms with Gasteiger partial charge in [-0.3, -0.25) is 18.6 Å². The summed E-state index contributed by atoms with van der Waals surface area (Å²) in [4.78, 5) is 34.1. The van der Waals surface area contributed by atoms with Gasteiger partial charge in [0.25, 0.3) is 0 Å². The molecule has 0 radical (unpaired) electrons. The summed E-state index contributed by atoms with van der Waals surface area (Å²) in [5.41, 5.74) is 0. The molecule has 0 aliphatic rings. The quantitative estimate of drug-likeness (QED) is 0.0238. The van der Waals surface area contributed by atoms with E-state index in [-0.39, 0.29) is 32.1 Å². The van der Waals surface area contributed by atoms with Gasteiger partial charge in [-0.15, -0.1) is 0 Å². The van der Waals surface area contributed by atoms with E-state index >= 15 is 0 Å². The van der Waals surface area contributed by atoms with E-state index < -0.39 is 26.5 Å². The van der Waals surface area contributed by atoms with Gasteiger partial charge < -0.3 is 20.1 Å². The van der Waals surface area contributed by atoms with E-state index in [9.17, 15) is 24.2 Å². The molecule has 0 aliphatic carbocycles. The van der Waals surface area contributed by atoms with Gasteiger partial charge in [-0.05, 0) is 57.8 Å². The van der Waals surface area contributed by atoms with Crippen LogP contribution in [0.25, 0.3) is 0 Å². The fourth-order valence-corrected chi connectivity index (χ4v) is 8.40. The predicted octanol–water partition coefficient (Wildman–Crippen LogP) is 16.4. The second-order valence-electron chi connectivity index (χ2n) is 18.2. The lowest BCUT2D eigenvalue weighted by Crippen LogP contribution is -2.27. The molecular formula is C56H102NO8P. The molecule has 0 bridgehead atoms. The molecular weight excluding hydrogens is 846 g/mol. The van der Waals surface area contributed by atoms with Crippen LogP contribution in [-0.4, -0.2) is 54.3 Å². The smallest absolute Gasteiger partial charge is 0.463 e. The molecule has 0 aromatic carbocycles. The first kappa shape index (κ1) is 63.7. The molecule has 0 spiro atoms. The summed E-state index contributed by atoms with van der Waals surface area (Å²) in [6.07, 6.45) is 64.5. The topological polar surface area (TPSA) is 131 Å². The van der Waals surface area contributed by atoms with Crippen molar-refractivity contribution in [1.82, 2.24) is 5.32 Å². The molecule has 0 rings (SSSR count). The first-order chi connectivity index (χ1) is 32.3. The van der Waals surface area contributed by atoms with Crippen molar-refractivity contribution in [3.05, 3.63) is 60.8 Å². The molecule has 0 heterocycles. The Balaban J connectivity index is 3.56. The zero-order valence-electron chi connectivity index (χ0n) is 42.6. The van der Waals surface area contributed by atoms with Crippen LogP contribution >= 0.6 is 7.82 Å². The van der Waals surface area contributed by atoms with Crippen LogP contribution in [0.5, 0.6) is 0 Å². The lowest BCUT2D eigenvalue weighted by Gasteiger charge is -2.15. The summed E-state index contributed by atoms with van der Waals surface area (Å²) in [5.74, 6) is -0.521. The van der Waals surface area contributed by atoms with Crippen LogP contribution in [-0.2, 0) is 27.9 Å². The Morgan fingerprint density at radius 3 is 1.30 bits per heavy atom. The van der Waals surface area contributed by atoms with Gasteiger partial charge in [0, 0.05) is 19.4 Å². The summed E-state index contributed by atoms with van der Waals surface area (Å²) >= 11 is 0. The molecule has 0 fully saturated rings. The third kappa shape index (κ3) is 52.7. The summed E-state index contributed by atoms with van der Waals surface area (Å²) in [5, 5.41) is 12.8. The molecule has 10 heteroatoms. The van der Waals surface area contributed by atoms with Crippen molar-refractivity contribution in [1.29, 1.82) is 0 Å². The van der Waals surface area contributed by atoms with Crippen LogP contribution in [0.1, 0.15) is 251 Å². The Bertz CT molecular complexity index is 1260. The van der Waals surface area contributed by atoms with Crippen molar-refractivity contribution in [3.63, 3.8) is 0 Å². The predicted molar refractivity (Wildman–Crippen MR) is 280 cm³/mol. The number of hydrogen-bond acceptors (Lipinski definition) is 7. The zero-order chi connectivity index (χ0) is 48.1. The molecule has 0 saturated carbocycles. The van der Waals surface area contributed by atoms with Crippen molar-refractivity contribution < 1.29 is 37.9 Å². The van der Waals surface area contributed by atoms with Crippen molar-refractivity contribution in [2.75, 3.05) is 26.4 Å². The molecule has 9 nitrogen and oxygen atoms in total. The minimum atomic E-state index is -4.43. The maximum atomic E-state index is 12.2. The van der Waals surface area contributed by atoms with Gasteiger partial charge in [-0.2, -0.15) is 0 Å². The monoisotopic (exact) mass is 948 g/mol. The number of aliphatic hydroxyl groups excluding tert-OH is 1. The average molecular weight is 948 g/mol. The maximum absolute atomic E-state index is 12.2. The van der Waals surface area contributed by atoms with Crippen LogP contribution in [0, 0.1) is 0 Å². The molecule has 66 heavy (non-hydrogen) atoms. The van der Waals surface area contributed by atoms with Crippen molar-refractivity contribution in [2.24, 2.45) is 0 Å². The molecule has 0 saturated heterocycles. The Hall–Kier alpha value is -2.29. The van der Waals surface area contributed by atoms with Gasteiger partial charge in [0.2, 0.25) is 5.91 Å². The third-order valence-electron chi connectivity index (χ3n) is 11.7. The lowest BCUT2D eigenvalue weighted by molar-refractivity contribution is -0.147. The van der Waals surface area contributed by atoms with Crippen molar-refractivity contribution in [2.45, 2.75) is 258 Å². The molecule has 0 aromatic rings. The second kappa shape index (κ2) is 52.1. The highest BCUT2D eigenvalue weighted by atomic mass is 31.2. The number of amides is 1. The first-order valence-electron chi connectivity index (χ1n) is 27.3. The summed E-state index contributed by atoms with van der Waals surface area (Å²) in [7, 11) is -4.43. The average Bonchev–Trinajstić information content (AvgIpc) is 3.31. The number of phosphoric ester groups is 1. The zero-order valence-corrected chi connectivity index (χ0v) is 43.5. The number of phosphoric acid groups is 1. The number of esters is 1. The van der Waals surface area contributed by atoms with E-state index in [0.29, 0.717) is 6.42 Å². The van der Waals surface area contributed by atoms with Crippen LogP contribution in [0.3, 0.4) is 0 Å². The highest BCUT2D eigenvalue weighted by Gasteiger charge is 2.23. The number of nitrogens with one attached hydrogen (secondary N) is 1. The largest absolute Gasteiger partial charge is 0.472 e. The van der Waals surface area contributed by atoms with E-state index in [2.05, 4.69) is 79.9 Å². The van der Waals surface area contributed by atoms with Gasteiger partial charge in [0.15, 0.2) is 0 Å². The Kier molecular flexibility index (Phi) is 50.3. The second-order valence-corrected chi connectivity index (χ2v) is 19.6. The number of aliphatic hydroxyl groups is 1. The first-order valence-corrected chi connectivity index (χ1v) is 28.8. The minimum Gasteiger partial charge on any atom is -0.463 e. The standard InChI is InChI=1S/C56H102NO8P/c1-3-5-7-9-11-13-15-17-19-21-23-25-27-29-31-33-35-37-39-41-43-45-47-49-56(60)63-52-54(58)53-65-66(61,62)64-51-50-57-55(59)48-46-44-42-40-38-36-34-32-30-28-26-24-22-20-18-16-14-12-10-8-6-4-2/h5,7,11,13,17,19,23,25,29,31,54,58H,3-4,6,8-10,12,14-16,18,20-22,24,26-28,30,32-53H2,1-2H3,(H,57,59)(H,61,62)/b7-5-,13-11-,19-17-,25-23-,31-29-. The van der Waals surface area contributed by atoms with E-state index in [1.54, 1.807) is 0 Å². The molecule has 2 atom stereocenters. The summed E-state index contributed by atoms with van der Waals surface area (Å²) in [6, 6.07) is 0. The molecule has 384 valence electrons. The highest BCUT2D eigenvalue weighted by molar-refractivity contribution is 7.47. The molecule has 0 aliphatic heterocycles. The van der Waals surface area contributed by atoms with E-state index in [1.807, 2.05) is 0 Å². The van der Waals surface area contributed by atoms with E-state index in [0.717, 1.165) is 83.5 Å². The SMILES string of the molecule is CC/C=C\C/C=C\C/C=C\C/C=C\C/C=C\CCCCCCCCCC(=O)OCC(O)COP(=O)(O)OCCNC(=O)CCCCCCCCCCCCCCCCCCCCCCCC.